The summed E-state index contributed by atoms with van der Waals surface area (Å²) in [4.78, 5) is 2.58. The summed E-state index contributed by atoms with van der Waals surface area (Å²) in [6, 6.07) is 0.672. The van der Waals surface area contributed by atoms with Crippen LogP contribution in [0.3, 0.4) is 0 Å². The molecule has 1 N–H and O–H groups in total. The average molecular weight is 170 g/mol. The smallest absolute Gasteiger partial charge is 0.0166 e. The average Bonchev–Trinajstić information content (AvgIpc) is 2.12. The van der Waals surface area contributed by atoms with E-state index in [1.54, 1.807) is 0 Å². The van der Waals surface area contributed by atoms with Crippen LogP contribution >= 0.6 is 0 Å². The molecule has 1 rings (SSSR count). The van der Waals surface area contributed by atoms with Crippen LogP contribution in [0.15, 0.2) is 0 Å². The van der Waals surface area contributed by atoms with E-state index in [0.717, 1.165) is 5.92 Å². The fraction of sp³-hybridized carbons (Fsp3) is 1.00. The molecule has 0 aromatic carbocycles. The van der Waals surface area contributed by atoms with Gasteiger partial charge in [0.25, 0.3) is 0 Å². The van der Waals surface area contributed by atoms with Gasteiger partial charge in [-0.05, 0) is 32.4 Å². The lowest BCUT2D eigenvalue weighted by molar-refractivity contribution is 0.244. The summed E-state index contributed by atoms with van der Waals surface area (Å²) in [6.45, 7) is 11.8. The van der Waals surface area contributed by atoms with Crippen molar-refractivity contribution in [2.45, 2.75) is 33.2 Å². The van der Waals surface area contributed by atoms with Crippen LogP contribution in [0.25, 0.3) is 0 Å². The Morgan fingerprint density at radius 2 is 2.25 bits per heavy atom. The van der Waals surface area contributed by atoms with Crippen molar-refractivity contribution < 1.29 is 0 Å². The van der Waals surface area contributed by atoms with Gasteiger partial charge in [0.2, 0.25) is 0 Å². The van der Waals surface area contributed by atoms with Crippen molar-refractivity contribution in [3.8, 4) is 0 Å². The molecule has 1 fully saturated rings. The molecule has 1 unspecified atom stereocenters. The van der Waals surface area contributed by atoms with E-state index in [1.807, 2.05) is 0 Å². The summed E-state index contributed by atoms with van der Waals surface area (Å²) in [7, 11) is 0. The molecule has 0 saturated carbocycles. The number of nitrogens with zero attached hydrogens (tertiary/aromatic N) is 1. The lowest BCUT2D eigenvalue weighted by Gasteiger charge is -2.23. The molecule has 0 aromatic heterocycles. The molecular weight excluding hydrogens is 148 g/mol. The molecular formula is C10H22N2. The number of nitrogens with one attached hydrogen (secondary N) is 1. The molecule has 1 aliphatic heterocycles. The summed E-state index contributed by atoms with van der Waals surface area (Å²) in [6.07, 6.45) is 1.30. The third-order valence-electron chi connectivity index (χ3n) is 2.30. The Bertz CT molecular complexity index is 123. The zero-order valence-electron chi connectivity index (χ0n) is 8.64. The highest BCUT2D eigenvalue weighted by molar-refractivity contribution is 4.73. The van der Waals surface area contributed by atoms with Gasteiger partial charge >= 0.3 is 0 Å². The lowest BCUT2D eigenvalue weighted by atomic mass is 10.2. The third-order valence-corrected chi connectivity index (χ3v) is 2.30. The highest BCUT2D eigenvalue weighted by atomic mass is 15.2. The van der Waals surface area contributed by atoms with Crippen LogP contribution < -0.4 is 5.32 Å². The first-order valence-corrected chi connectivity index (χ1v) is 5.14. The van der Waals surface area contributed by atoms with E-state index >= 15 is 0 Å². The van der Waals surface area contributed by atoms with Crippen molar-refractivity contribution in [1.82, 2.24) is 10.2 Å². The van der Waals surface area contributed by atoms with Gasteiger partial charge in [-0.3, -0.25) is 0 Å². The molecule has 1 atom stereocenters. The molecule has 1 aliphatic rings. The topological polar surface area (TPSA) is 15.3 Å². The van der Waals surface area contributed by atoms with Gasteiger partial charge in [0.15, 0.2) is 0 Å². The van der Waals surface area contributed by atoms with Crippen LogP contribution in [0.4, 0.5) is 0 Å². The fourth-order valence-corrected chi connectivity index (χ4v) is 1.88. The Labute approximate surface area is 76.3 Å². The molecule has 0 aromatic rings. The predicted octanol–water partition coefficient (Wildman–Crippen LogP) is 1.33. The lowest BCUT2D eigenvalue weighted by Crippen LogP contribution is -2.36. The largest absolute Gasteiger partial charge is 0.313 e. The SMILES string of the molecule is CC(C)CN1CCCNC(C)C1. The Kier molecular flexibility index (Phi) is 4.02. The first kappa shape index (κ1) is 10.0. The molecule has 1 saturated heterocycles. The molecule has 1 heterocycles. The van der Waals surface area contributed by atoms with Crippen LogP contribution in [-0.4, -0.2) is 37.1 Å². The van der Waals surface area contributed by atoms with Crippen LogP contribution in [0.2, 0.25) is 0 Å². The number of hydrogen-bond acceptors (Lipinski definition) is 2. The summed E-state index contributed by atoms with van der Waals surface area (Å²) in [5.41, 5.74) is 0. The molecule has 0 radical (unpaired) electrons. The second-order valence-corrected chi connectivity index (χ2v) is 4.36. The molecule has 0 spiro atoms. The molecule has 0 aliphatic carbocycles. The molecule has 72 valence electrons. The van der Waals surface area contributed by atoms with Crippen molar-refractivity contribution in [2.24, 2.45) is 5.92 Å². The minimum Gasteiger partial charge on any atom is -0.313 e. The molecule has 0 bridgehead atoms. The van der Waals surface area contributed by atoms with E-state index in [4.69, 9.17) is 0 Å². The Morgan fingerprint density at radius 1 is 1.50 bits per heavy atom. The molecule has 2 heteroatoms. The predicted molar refractivity (Wildman–Crippen MR) is 53.4 cm³/mol. The van der Waals surface area contributed by atoms with Crippen LogP contribution in [0.5, 0.6) is 0 Å². The van der Waals surface area contributed by atoms with Crippen molar-refractivity contribution in [1.29, 1.82) is 0 Å². The van der Waals surface area contributed by atoms with E-state index in [2.05, 4.69) is 31.0 Å². The maximum absolute atomic E-state index is 3.51. The monoisotopic (exact) mass is 170 g/mol. The standard InChI is InChI=1S/C10H22N2/c1-9(2)7-12-6-4-5-11-10(3)8-12/h9-11H,4-8H2,1-3H3. The van der Waals surface area contributed by atoms with Gasteiger partial charge in [0, 0.05) is 19.1 Å². The van der Waals surface area contributed by atoms with E-state index in [9.17, 15) is 0 Å². The maximum atomic E-state index is 3.51. The second-order valence-electron chi connectivity index (χ2n) is 4.36. The van der Waals surface area contributed by atoms with Crippen LogP contribution in [0.1, 0.15) is 27.2 Å². The van der Waals surface area contributed by atoms with Crippen molar-refractivity contribution in [2.75, 3.05) is 26.2 Å². The van der Waals surface area contributed by atoms with Crippen LogP contribution in [-0.2, 0) is 0 Å². The van der Waals surface area contributed by atoms with E-state index in [0.29, 0.717) is 6.04 Å². The Balaban J connectivity index is 2.31. The van der Waals surface area contributed by atoms with Gasteiger partial charge in [-0.2, -0.15) is 0 Å². The van der Waals surface area contributed by atoms with Crippen LogP contribution in [0, 0.1) is 5.92 Å². The highest BCUT2D eigenvalue weighted by Crippen LogP contribution is 2.03. The zero-order valence-corrected chi connectivity index (χ0v) is 8.64. The van der Waals surface area contributed by atoms with Gasteiger partial charge in [0.1, 0.15) is 0 Å². The van der Waals surface area contributed by atoms with E-state index in [1.165, 1.54) is 32.6 Å². The van der Waals surface area contributed by atoms with E-state index < -0.39 is 0 Å². The summed E-state index contributed by atoms with van der Waals surface area (Å²) in [5, 5.41) is 3.51. The zero-order chi connectivity index (χ0) is 8.97. The van der Waals surface area contributed by atoms with Gasteiger partial charge in [0.05, 0.1) is 0 Å². The molecule has 0 amide bonds. The Morgan fingerprint density at radius 3 is 2.92 bits per heavy atom. The normalized spacial score (nSPS) is 27.5. The van der Waals surface area contributed by atoms with Gasteiger partial charge in [-0.15, -0.1) is 0 Å². The van der Waals surface area contributed by atoms with Gasteiger partial charge in [-0.1, -0.05) is 13.8 Å². The van der Waals surface area contributed by atoms with Crippen molar-refractivity contribution in [3.05, 3.63) is 0 Å². The molecule has 2 nitrogen and oxygen atoms in total. The fourth-order valence-electron chi connectivity index (χ4n) is 1.88. The summed E-state index contributed by atoms with van der Waals surface area (Å²) < 4.78 is 0. The number of hydrogen-bond donors (Lipinski definition) is 1. The highest BCUT2D eigenvalue weighted by Gasteiger charge is 2.14. The Hall–Kier alpha value is -0.0800. The minimum absolute atomic E-state index is 0.672. The first-order valence-electron chi connectivity index (χ1n) is 5.14. The second kappa shape index (κ2) is 4.83. The van der Waals surface area contributed by atoms with Gasteiger partial charge < -0.3 is 10.2 Å². The van der Waals surface area contributed by atoms with Gasteiger partial charge in [-0.25, -0.2) is 0 Å². The maximum Gasteiger partial charge on any atom is 0.0166 e. The quantitative estimate of drug-likeness (QED) is 0.672. The first-order chi connectivity index (χ1) is 5.68. The van der Waals surface area contributed by atoms with Crippen molar-refractivity contribution in [3.63, 3.8) is 0 Å². The molecule has 12 heavy (non-hydrogen) atoms. The number of rotatable bonds is 2. The summed E-state index contributed by atoms with van der Waals surface area (Å²) in [5.74, 6) is 0.801. The third kappa shape index (κ3) is 3.55. The minimum atomic E-state index is 0.672. The van der Waals surface area contributed by atoms with E-state index in [-0.39, 0.29) is 0 Å². The summed E-state index contributed by atoms with van der Waals surface area (Å²) >= 11 is 0. The van der Waals surface area contributed by atoms with Crippen molar-refractivity contribution >= 4 is 0 Å².